The molecule has 0 aromatic carbocycles. The van der Waals surface area contributed by atoms with Gasteiger partial charge in [-0.1, -0.05) is 142 Å². The van der Waals surface area contributed by atoms with Crippen LogP contribution >= 0.6 is 0 Å². The Morgan fingerprint density at radius 1 is 0.569 bits per heavy atom. The number of nitrogens with zero attached hydrogens (tertiary/aromatic N) is 1. The summed E-state index contributed by atoms with van der Waals surface area (Å²) < 4.78 is 0. The van der Waals surface area contributed by atoms with E-state index in [1.54, 1.807) is 0 Å². The van der Waals surface area contributed by atoms with Gasteiger partial charge < -0.3 is 41.9 Å². The maximum Gasteiger partial charge on any atom is 2.00 e. The Kier molecular flexibility index (Phi) is 45.2. The number of carboxylic acids is 2. The van der Waals surface area contributed by atoms with E-state index in [0.717, 1.165) is 38.5 Å². The molecule has 0 aliphatic rings. The van der Waals surface area contributed by atoms with Gasteiger partial charge in [0.25, 0.3) is 0 Å². The minimum absolute atomic E-state index is 0. The van der Waals surface area contributed by atoms with Crippen LogP contribution in [0.3, 0.4) is 0 Å². The molecule has 0 heterocycles. The Bertz CT molecular complexity index is 818. The van der Waals surface area contributed by atoms with Gasteiger partial charge in [0.05, 0.1) is 5.97 Å². The third-order valence-electron chi connectivity index (χ3n) is 9.10. The van der Waals surface area contributed by atoms with E-state index in [0.29, 0.717) is 51.6 Å². The number of carbonyl (C=O) groups excluding carboxylic acids is 2. The molecule has 51 heavy (non-hydrogen) atoms. The fourth-order valence-corrected chi connectivity index (χ4v) is 5.70. The van der Waals surface area contributed by atoms with Gasteiger partial charge in [-0.3, -0.25) is 9.59 Å². The van der Waals surface area contributed by atoms with Crippen LogP contribution in [0, 0.1) is 0 Å². The number of nitrogens with two attached hydrogens (primary N) is 2. The first-order valence-electron chi connectivity index (χ1n) is 20.6. The molecule has 6 N–H and O–H groups in total. The number of nitrogens with one attached hydrogen (secondary N) is 1. The summed E-state index contributed by atoms with van der Waals surface area (Å²) in [6.07, 6.45) is 33.0. The zero-order chi connectivity index (χ0) is 37.5. The molecule has 0 radical (unpaired) electrons. The van der Waals surface area contributed by atoms with Crippen molar-refractivity contribution in [1.29, 1.82) is 0 Å². The van der Waals surface area contributed by atoms with E-state index in [2.05, 4.69) is 24.2 Å². The van der Waals surface area contributed by atoms with Crippen molar-refractivity contribution in [2.24, 2.45) is 16.5 Å². The molecule has 11 heteroatoms. The number of hydrogen-bond donors (Lipinski definition) is 4. The molecule has 10 nitrogen and oxygen atoms in total. The molecule has 0 aliphatic heterocycles. The van der Waals surface area contributed by atoms with Crippen molar-refractivity contribution in [3.63, 3.8) is 0 Å². The zero-order valence-corrected chi connectivity index (χ0v) is 36.0. The van der Waals surface area contributed by atoms with Crippen LogP contribution in [0.5, 0.6) is 0 Å². The zero-order valence-electron chi connectivity index (χ0n) is 33.1. The number of unbranched alkanes of at least 4 members (excludes halogenated alkanes) is 22. The Labute approximate surface area is 325 Å². The van der Waals surface area contributed by atoms with Gasteiger partial charge in [-0.2, -0.15) is 0 Å². The number of rotatable bonds is 36. The molecule has 0 fully saturated rings. The van der Waals surface area contributed by atoms with Crippen molar-refractivity contribution in [2.75, 3.05) is 13.1 Å². The molecule has 0 bridgehead atoms. The van der Waals surface area contributed by atoms with Crippen molar-refractivity contribution in [3.8, 4) is 0 Å². The second kappa shape index (κ2) is 42.8. The summed E-state index contributed by atoms with van der Waals surface area (Å²) in [6, 6.07) is -1.70. The molecule has 1 amide bonds. The van der Waals surface area contributed by atoms with Crippen molar-refractivity contribution < 1.29 is 49.2 Å². The fraction of sp³-hybridized carbons (Fsp3) is 0.900. The first kappa shape index (κ1) is 53.8. The number of hydrogen-bond acceptors (Lipinski definition) is 8. The van der Waals surface area contributed by atoms with E-state index in [1.807, 2.05) is 0 Å². The molecule has 0 unspecified atom stereocenters. The molecule has 296 valence electrons. The number of carboxylic acid groups (broad SMARTS) is 2. The predicted octanol–water partition coefficient (Wildman–Crippen LogP) is 7.08. The van der Waals surface area contributed by atoms with E-state index >= 15 is 0 Å². The van der Waals surface area contributed by atoms with Crippen LogP contribution < -0.4 is 27.0 Å². The van der Waals surface area contributed by atoms with Gasteiger partial charge >= 0.3 is 25.4 Å². The van der Waals surface area contributed by atoms with E-state index < -0.39 is 24.0 Å². The van der Waals surface area contributed by atoms with Crippen LogP contribution in [-0.4, -0.2) is 54.0 Å². The van der Waals surface area contributed by atoms with Crippen LogP contribution in [0.15, 0.2) is 4.99 Å². The van der Waals surface area contributed by atoms with Crippen LogP contribution in [0.1, 0.15) is 206 Å². The van der Waals surface area contributed by atoms with Crippen molar-refractivity contribution in [3.05, 3.63) is 0 Å². The molecule has 2 atom stereocenters. The van der Waals surface area contributed by atoms with E-state index in [-0.39, 0.29) is 31.3 Å². The fourth-order valence-electron chi connectivity index (χ4n) is 5.70. The summed E-state index contributed by atoms with van der Waals surface area (Å²) in [7, 11) is 0. The number of amides is 1. The topological polar surface area (TPSA) is 194 Å². The normalized spacial score (nSPS) is 12.4. The van der Waals surface area contributed by atoms with Crippen molar-refractivity contribution in [1.82, 2.24) is 5.32 Å². The van der Waals surface area contributed by atoms with Gasteiger partial charge in [0.15, 0.2) is 0 Å². The maximum atomic E-state index is 11.7. The van der Waals surface area contributed by atoms with Gasteiger partial charge in [-0.25, -0.2) is 0 Å². The largest absolute Gasteiger partial charge is 2.00 e. The van der Waals surface area contributed by atoms with Crippen LogP contribution in [0.2, 0.25) is 0 Å². The SMILES string of the molecule is CCCCCCCCCCCCCC(=O)NCCCC[C@H](N)C(=O)O.CCCCCCCCCCCCCC([O-])=NCCCC[C@H](N)C(=O)[O-].[Zn+2]. The average Bonchev–Trinajstić information content (AvgIpc) is 3.09. The van der Waals surface area contributed by atoms with Gasteiger partial charge in [-0.05, 0) is 63.7 Å². The van der Waals surface area contributed by atoms with E-state index in [9.17, 15) is 24.6 Å². The predicted molar refractivity (Wildman–Crippen MR) is 204 cm³/mol. The Hall–Kier alpha value is -1.58. The molecule has 0 aromatic heterocycles. The summed E-state index contributed by atoms with van der Waals surface area (Å²) in [5.41, 5.74) is 10.8. The molecular weight excluding hydrogens is 698 g/mol. The maximum absolute atomic E-state index is 11.7. The molecule has 0 aliphatic carbocycles. The molecular formula is C40H78N4O6Zn. The van der Waals surface area contributed by atoms with Gasteiger partial charge in [0.1, 0.15) is 6.04 Å². The minimum Gasteiger partial charge on any atom is -0.862 e. The summed E-state index contributed by atoms with van der Waals surface area (Å²) >= 11 is 0. The molecule has 0 saturated heterocycles. The Balaban J connectivity index is -0.000000886. The molecule has 0 rings (SSSR count). The van der Waals surface area contributed by atoms with Gasteiger partial charge in [0, 0.05) is 25.6 Å². The third kappa shape index (κ3) is 44.5. The summed E-state index contributed by atoms with van der Waals surface area (Å²) in [6.45, 7) is 5.58. The monoisotopic (exact) mass is 775 g/mol. The summed E-state index contributed by atoms with van der Waals surface area (Å²) in [4.78, 5) is 36.7. The summed E-state index contributed by atoms with van der Waals surface area (Å²) in [5.74, 6) is -2.09. The van der Waals surface area contributed by atoms with E-state index in [1.165, 1.54) is 116 Å². The van der Waals surface area contributed by atoms with E-state index in [4.69, 9.17) is 16.6 Å². The second-order valence-electron chi connectivity index (χ2n) is 14.1. The minimum atomic E-state index is -1.22. The molecule has 0 saturated carbocycles. The smallest absolute Gasteiger partial charge is 0.862 e. The van der Waals surface area contributed by atoms with Gasteiger partial charge in [0.2, 0.25) is 5.91 Å². The average molecular weight is 776 g/mol. The first-order chi connectivity index (χ1) is 24.1. The van der Waals surface area contributed by atoms with Crippen LogP contribution in [0.25, 0.3) is 0 Å². The van der Waals surface area contributed by atoms with Crippen molar-refractivity contribution >= 4 is 23.7 Å². The number of aliphatic carboxylic acids is 2. The molecule has 0 aromatic rings. The Morgan fingerprint density at radius 2 is 0.961 bits per heavy atom. The summed E-state index contributed by atoms with van der Waals surface area (Å²) in [5, 5.41) is 33.6. The van der Waals surface area contributed by atoms with Crippen LogP contribution in [-0.2, 0) is 33.9 Å². The van der Waals surface area contributed by atoms with Crippen LogP contribution in [0.4, 0.5) is 0 Å². The van der Waals surface area contributed by atoms with Crippen molar-refractivity contribution in [2.45, 2.75) is 219 Å². The number of aliphatic imine (C=N–C) groups is 1. The quantitative estimate of drug-likeness (QED) is 0.0224. The standard InChI is InChI=1S/2C20H40N2O3.Zn/c2*1-2-3-4-5-6-7-8-9-10-11-12-16-19(23)22-17-14-13-15-18(21)20(24)25;/h2*18H,2-17,21H2,1H3,(H,22,23)(H,24,25);/q;;+2/p-2/t2*18-;/m00./s1. The van der Waals surface area contributed by atoms with Gasteiger partial charge in [-0.15, -0.1) is 0 Å². The second-order valence-corrected chi connectivity index (χ2v) is 14.1. The Morgan fingerprint density at radius 3 is 1.39 bits per heavy atom. The number of carbonyl (C=O) groups is 3. The molecule has 0 spiro atoms. The third-order valence-corrected chi connectivity index (χ3v) is 9.10. The first-order valence-corrected chi connectivity index (χ1v) is 20.6.